The van der Waals surface area contributed by atoms with E-state index in [1.807, 2.05) is 0 Å². The van der Waals surface area contributed by atoms with Gasteiger partial charge in [-0.05, 0) is 176 Å². The second-order valence-corrected chi connectivity index (χ2v) is 18.0. The molecule has 8 aliphatic carbocycles. The second-order valence-electron chi connectivity index (χ2n) is 18.0. The molecule has 52 heavy (non-hydrogen) atoms. The van der Waals surface area contributed by atoms with Crippen molar-refractivity contribution in [2.24, 2.45) is 5.41 Å². The third kappa shape index (κ3) is 1.61. The summed E-state index contributed by atoms with van der Waals surface area (Å²) in [5.41, 5.74) is 17.8. The minimum atomic E-state index is -0.122. The maximum Gasteiger partial charge on any atom is 0.0402 e. The summed E-state index contributed by atoms with van der Waals surface area (Å²) in [5.74, 6) is 0.819. The summed E-state index contributed by atoms with van der Waals surface area (Å²) in [5, 5.41) is 29.4. The molecule has 0 heteroatoms. The summed E-state index contributed by atoms with van der Waals surface area (Å²) in [6, 6.07) is 29.4. The van der Waals surface area contributed by atoms with Crippen LogP contribution in [0.3, 0.4) is 0 Å². The standard InChI is InChI=1S/C52H22/c1-2-4-20-16-22-18-52-32-14-13-31-29-11-9-27-25-7-5-23-24-6-8-26-28-10-12-30(32)40-38(28)43-36(26)34(24)41-33(23)35(25)42-37(27)39(29)49(51(31,52)17-21(22)15-19(20)3-1)47-45(42)44(41)46(43)48(47)50(40)52/h1-16,27,37H,17-18H2. The van der Waals surface area contributed by atoms with Gasteiger partial charge in [-0.3, -0.25) is 0 Å². The van der Waals surface area contributed by atoms with Crippen LogP contribution in [-0.4, -0.2) is 0 Å². The van der Waals surface area contributed by atoms with Crippen LogP contribution >= 0.6 is 0 Å². The van der Waals surface area contributed by atoms with Gasteiger partial charge in [0, 0.05) is 22.7 Å². The molecule has 4 unspecified atom stereocenters. The smallest absolute Gasteiger partial charge is 0.0402 e. The van der Waals surface area contributed by atoms with Crippen LogP contribution in [0.4, 0.5) is 0 Å². The van der Waals surface area contributed by atoms with Crippen LogP contribution in [0.2, 0.25) is 0 Å². The Hall–Kier alpha value is -5.98. The molecule has 8 aliphatic rings. The lowest BCUT2D eigenvalue weighted by Crippen LogP contribution is -2.55. The highest BCUT2D eigenvalue weighted by atomic mass is 14.7. The van der Waals surface area contributed by atoms with Gasteiger partial charge in [0.25, 0.3) is 0 Å². The third-order valence-electron chi connectivity index (χ3n) is 17.1. The Morgan fingerprint density at radius 1 is 0.519 bits per heavy atom. The lowest BCUT2D eigenvalue weighted by molar-refractivity contribution is 0.283. The van der Waals surface area contributed by atoms with Gasteiger partial charge in [-0.1, -0.05) is 97.1 Å². The van der Waals surface area contributed by atoms with Crippen molar-refractivity contribution >= 4 is 108 Å². The molecule has 0 amide bonds. The van der Waals surface area contributed by atoms with Crippen LogP contribution in [0, 0.1) is 5.41 Å². The highest BCUT2D eigenvalue weighted by Gasteiger charge is 2.70. The zero-order valence-corrected chi connectivity index (χ0v) is 27.8. The molecule has 0 heterocycles. The van der Waals surface area contributed by atoms with E-state index in [2.05, 4.69) is 97.1 Å². The van der Waals surface area contributed by atoms with E-state index in [1.54, 1.807) is 126 Å². The minimum absolute atomic E-state index is 0.111. The molecule has 2 spiro atoms. The van der Waals surface area contributed by atoms with Gasteiger partial charge < -0.3 is 0 Å². The molecule has 4 atom stereocenters. The molecule has 0 N–H and O–H groups in total. The van der Waals surface area contributed by atoms with Crippen LogP contribution in [0.15, 0.2) is 114 Å². The Balaban J connectivity index is 1.21. The number of hydrogen-bond donors (Lipinski definition) is 0. The highest BCUT2D eigenvalue weighted by Crippen LogP contribution is 2.81. The van der Waals surface area contributed by atoms with Gasteiger partial charge >= 0.3 is 0 Å². The van der Waals surface area contributed by atoms with E-state index in [-0.39, 0.29) is 10.8 Å². The van der Waals surface area contributed by atoms with Crippen molar-refractivity contribution in [2.45, 2.75) is 30.1 Å². The largest absolute Gasteiger partial charge is 0.0754 e. The number of benzene rings is 8. The zero-order chi connectivity index (χ0) is 32.2. The Kier molecular flexibility index (Phi) is 2.65. The van der Waals surface area contributed by atoms with E-state index in [0.717, 1.165) is 12.8 Å². The van der Waals surface area contributed by atoms with Gasteiger partial charge in [-0.2, -0.15) is 0 Å². The normalized spacial score (nSPS) is 27.7. The number of allylic oxidation sites excluding steroid dienone is 8. The highest BCUT2D eigenvalue weighted by molar-refractivity contribution is 6.58. The van der Waals surface area contributed by atoms with Gasteiger partial charge in [0.15, 0.2) is 0 Å². The first-order valence-corrected chi connectivity index (χ1v) is 19.4. The predicted molar refractivity (Wildman–Crippen MR) is 214 cm³/mol. The molecular formula is C52H22. The third-order valence-corrected chi connectivity index (χ3v) is 17.1. The number of hydrogen-bond acceptors (Lipinski definition) is 0. The Bertz CT molecular complexity index is 4020. The van der Waals surface area contributed by atoms with E-state index in [4.69, 9.17) is 0 Å². The molecule has 0 aliphatic heterocycles. The minimum Gasteiger partial charge on any atom is -0.0754 e. The van der Waals surface area contributed by atoms with Gasteiger partial charge in [-0.25, -0.2) is 0 Å². The molecule has 0 radical (unpaired) electrons. The fraction of sp³-hybridized carbons (Fsp3) is 0.115. The maximum absolute atomic E-state index is 2.64. The van der Waals surface area contributed by atoms with Crippen LogP contribution in [0.5, 0.6) is 0 Å². The van der Waals surface area contributed by atoms with Crippen molar-refractivity contribution in [3.8, 4) is 0 Å². The first-order valence-electron chi connectivity index (χ1n) is 19.4. The lowest BCUT2D eigenvalue weighted by atomic mass is 9.42. The van der Waals surface area contributed by atoms with Gasteiger partial charge in [0.1, 0.15) is 0 Å². The van der Waals surface area contributed by atoms with Crippen molar-refractivity contribution in [1.82, 2.24) is 0 Å². The fourth-order valence-corrected chi connectivity index (χ4v) is 16.1. The molecular weight excluding hydrogens is 625 g/mol. The van der Waals surface area contributed by atoms with E-state index in [0.29, 0.717) is 11.8 Å². The molecule has 0 bridgehead atoms. The Morgan fingerprint density at radius 3 is 1.94 bits per heavy atom. The second kappa shape index (κ2) is 6.06. The summed E-state index contributed by atoms with van der Waals surface area (Å²) >= 11 is 0. The van der Waals surface area contributed by atoms with Gasteiger partial charge in [0.05, 0.1) is 0 Å². The summed E-state index contributed by atoms with van der Waals surface area (Å²) in [7, 11) is 0. The fourth-order valence-electron chi connectivity index (χ4n) is 16.1. The molecule has 11 aromatic carbocycles. The average Bonchev–Trinajstić information content (AvgIpc) is 3.98. The van der Waals surface area contributed by atoms with Crippen LogP contribution in [-0.2, 0) is 18.3 Å². The number of fused-ring (bicyclic) bond motifs is 5. The molecule has 0 saturated carbocycles. The van der Waals surface area contributed by atoms with E-state index >= 15 is 0 Å². The molecule has 0 nitrogen and oxygen atoms in total. The summed E-state index contributed by atoms with van der Waals surface area (Å²) < 4.78 is 0. The average molecular weight is 647 g/mol. The van der Waals surface area contributed by atoms with Crippen molar-refractivity contribution in [2.75, 3.05) is 0 Å². The van der Waals surface area contributed by atoms with Crippen LogP contribution in [0.25, 0.3) is 108 Å². The molecule has 11 aromatic rings. The summed E-state index contributed by atoms with van der Waals surface area (Å²) in [4.78, 5) is 0. The SMILES string of the molecule is C1=CC2c3ccc4c5ccc6c7ccc8c9c%10c%11c%12c%13c(c3c4c3c%13c%11c(c97)c6c53)C2C2=C%12C34Cc5cc6ccccc6cc5CC%103C=8C=CC4=C12. The molecule has 230 valence electrons. The van der Waals surface area contributed by atoms with Crippen LogP contribution in [0.1, 0.15) is 45.2 Å². The molecule has 0 aromatic heterocycles. The zero-order valence-electron chi connectivity index (χ0n) is 27.8. The van der Waals surface area contributed by atoms with E-state index in [9.17, 15) is 0 Å². The van der Waals surface area contributed by atoms with Gasteiger partial charge in [-0.15, -0.1) is 0 Å². The van der Waals surface area contributed by atoms with Crippen molar-refractivity contribution < 1.29 is 0 Å². The van der Waals surface area contributed by atoms with Gasteiger partial charge in [0.2, 0.25) is 0 Å². The lowest BCUT2D eigenvalue weighted by Gasteiger charge is -2.59. The molecule has 19 rings (SSSR count). The molecule has 0 saturated heterocycles. The predicted octanol–water partition coefficient (Wildman–Crippen LogP) is 11.6. The Morgan fingerprint density at radius 2 is 1.15 bits per heavy atom. The summed E-state index contributed by atoms with van der Waals surface area (Å²) in [6.07, 6.45) is 12.7. The van der Waals surface area contributed by atoms with Crippen molar-refractivity contribution in [1.29, 1.82) is 0 Å². The van der Waals surface area contributed by atoms with Crippen molar-refractivity contribution in [3.05, 3.63) is 152 Å². The summed E-state index contributed by atoms with van der Waals surface area (Å²) in [6.45, 7) is 0. The quantitative estimate of drug-likeness (QED) is 0.144. The first-order chi connectivity index (χ1) is 25.8. The number of rotatable bonds is 0. The van der Waals surface area contributed by atoms with E-state index in [1.165, 1.54) is 37.5 Å². The van der Waals surface area contributed by atoms with E-state index < -0.39 is 0 Å². The first kappa shape index (κ1) is 22.8. The molecule has 0 fully saturated rings. The van der Waals surface area contributed by atoms with Crippen molar-refractivity contribution in [3.63, 3.8) is 0 Å². The topological polar surface area (TPSA) is 0 Å². The Labute approximate surface area is 294 Å². The van der Waals surface area contributed by atoms with Crippen LogP contribution < -0.4 is 5.22 Å². The monoisotopic (exact) mass is 646 g/mol. The maximum atomic E-state index is 2.64.